The molecule has 6 nitrogen and oxygen atoms in total. The van der Waals surface area contributed by atoms with Crippen LogP contribution >= 0.6 is 15.9 Å². The summed E-state index contributed by atoms with van der Waals surface area (Å²) in [5.74, 6) is -0.397. The van der Waals surface area contributed by atoms with Gasteiger partial charge in [0, 0.05) is 0 Å². The number of aliphatic hydroxyl groups is 2. The van der Waals surface area contributed by atoms with E-state index >= 15 is 0 Å². The minimum atomic E-state index is -1.01. The van der Waals surface area contributed by atoms with Gasteiger partial charge in [-0.3, -0.25) is 9.63 Å². The van der Waals surface area contributed by atoms with E-state index in [1.165, 1.54) is 6.26 Å². The van der Waals surface area contributed by atoms with Crippen LogP contribution in [0.3, 0.4) is 0 Å². The number of hydroxylamine groups is 2. The summed E-state index contributed by atoms with van der Waals surface area (Å²) in [5.41, 5.74) is 0. The summed E-state index contributed by atoms with van der Waals surface area (Å²) in [6.07, 6.45) is -0.609. The van der Waals surface area contributed by atoms with Gasteiger partial charge in [0.1, 0.15) is 18.8 Å². The molecule has 0 bridgehead atoms. The third-order valence-corrected chi connectivity index (χ3v) is 2.86. The van der Waals surface area contributed by atoms with Crippen LogP contribution in [0.1, 0.15) is 10.6 Å². The third kappa shape index (κ3) is 2.12. The van der Waals surface area contributed by atoms with Gasteiger partial charge in [0.2, 0.25) is 5.76 Å². The van der Waals surface area contributed by atoms with Gasteiger partial charge < -0.3 is 14.6 Å². The molecule has 1 aliphatic heterocycles. The van der Waals surface area contributed by atoms with Gasteiger partial charge in [-0.1, -0.05) is 0 Å². The van der Waals surface area contributed by atoms with Gasteiger partial charge in [0.05, 0.1) is 17.3 Å². The number of aliphatic hydroxyl groups excluding tert-OH is 2. The summed E-state index contributed by atoms with van der Waals surface area (Å²) in [5, 5.41) is 19.6. The van der Waals surface area contributed by atoms with Crippen molar-refractivity contribution in [1.29, 1.82) is 0 Å². The van der Waals surface area contributed by atoms with E-state index in [-0.39, 0.29) is 18.9 Å². The Bertz CT molecular complexity index is 393. The first-order valence-electron chi connectivity index (χ1n) is 4.63. The Morgan fingerprint density at radius 2 is 2.25 bits per heavy atom. The van der Waals surface area contributed by atoms with E-state index in [9.17, 15) is 15.0 Å². The molecule has 0 unspecified atom stereocenters. The van der Waals surface area contributed by atoms with Crippen molar-refractivity contribution >= 4 is 21.8 Å². The molecule has 0 spiro atoms. The summed E-state index contributed by atoms with van der Waals surface area (Å²) in [4.78, 5) is 16.8. The van der Waals surface area contributed by atoms with Crippen LogP contribution < -0.4 is 0 Å². The number of halogens is 1. The number of rotatable bonds is 1. The maximum atomic E-state index is 11.8. The maximum Gasteiger partial charge on any atom is 0.314 e. The topological polar surface area (TPSA) is 83.1 Å². The fourth-order valence-electron chi connectivity index (χ4n) is 1.32. The van der Waals surface area contributed by atoms with E-state index in [0.717, 1.165) is 5.06 Å². The minimum absolute atomic E-state index is 0.0901. The lowest BCUT2D eigenvalue weighted by Crippen LogP contribution is -2.50. The van der Waals surface area contributed by atoms with Crippen molar-refractivity contribution in [3.63, 3.8) is 0 Å². The molecule has 16 heavy (non-hydrogen) atoms. The summed E-state index contributed by atoms with van der Waals surface area (Å²) < 4.78 is 5.49. The first-order valence-corrected chi connectivity index (χ1v) is 5.43. The van der Waals surface area contributed by atoms with E-state index in [0.29, 0.717) is 4.47 Å². The molecule has 1 saturated heterocycles. The molecule has 0 aromatic carbocycles. The lowest BCUT2D eigenvalue weighted by Gasteiger charge is -2.31. The zero-order chi connectivity index (χ0) is 11.7. The molecular weight excluding hydrogens is 282 g/mol. The van der Waals surface area contributed by atoms with E-state index in [2.05, 4.69) is 15.9 Å². The van der Waals surface area contributed by atoms with Gasteiger partial charge in [0.25, 0.3) is 0 Å². The number of hydrogen-bond acceptors (Lipinski definition) is 5. The van der Waals surface area contributed by atoms with Crippen LogP contribution in [0, 0.1) is 0 Å². The fourth-order valence-corrected chi connectivity index (χ4v) is 1.69. The molecule has 1 aromatic heterocycles. The second-order valence-corrected chi connectivity index (χ2v) is 4.25. The highest BCUT2D eigenvalue weighted by Crippen LogP contribution is 2.21. The molecule has 1 aromatic rings. The molecule has 2 N–H and O–H groups in total. The quantitative estimate of drug-likeness (QED) is 0.770. The summed E-state index contributed by atoms with van der Waals surface area (Å²) in [6.45, 7) is -0.210. The first-order chi connectivity index (χ1) is 7.59. The molecule has 1 amide bonds. The lowest BCUT2D eigenvalue weighted by atomic mass is 10.2. The molecule has 0 radical (unpaired) electrons. The summed E-state index contributed by atoms with van der Waals surface area (Å²) in [7, 11) is 0. The number of hydrogen-bond donors (Lipinski definition) is 2. The molecule has 0 aliphatic carbocycles. The van der Waals surface area contributed by atoms with E-state index in [1.54, 1.807) is 6.07 Å². The van der Waals surface area contributed by atoms with E-state index < -0.39 is 18.1 Å². The zero-order valence-corrected chi connectivity index (χ0v) is 9.75. The summed E-state index contributed by atoms with van der Waals surface area (Å²) >= 11 is 3.15. The Balaban J connectivity index is 2.09. The lowest BCUT2D eigenvalue weighted by molar-refractivity contribution is -0.212. The van der Waals surface area contributed by atoms with Crippen LogP contribution in [-0.2, 0) is 4.84 Å². The highest BCUT2D eigenvalue weighted by Gasteiger charge is 2.32. The highest BCUT2D eigenvalue weighted by molar-refractivity contribution is 9.10. The average molecular weight is 292 g/mol. The van der Waals surface area contributed by atoms with E-state index in [1.807, 2.05) is 0 Å². The Morgan fingerprint density at radius 1 is 1.50 bits per heavy atom. The van der Waals surface area contributed by atoms with Crippen molar-refractivity contribution in [3.8, 4) is 0 Å². The Morgan fingerprint density at radius 3 is 2.81 bits per heavy atom. The molecule has 1 aliphatic rings. The number of amides is 1. The Hall–Kier alpha value is -0.890. The first kappa shape index (κ1) is 11.6. The van der Waals surface area contributed by atoms with Crippen molar-refractivity contribution in [3.05, 3.63) is 22.6 Å². The van der Waals surface area contributed by atoms with Crippen molar-refractivity contribution in [2.45, 2.75) is 12.2 Å². The number of β-amino-alcohol motifs (C(OH)–C–C–N with tert-alkyl or cyclic N) is 1. The summed E-state index contributed by atoms with van der Waals surface area (Å²) in [6, 6.07) is 1.59. The normalized spacial score (nSPS) is 25.8. The van der Waals surface area contributed by atoms with Gasteiger partial charge in [-0.15, -0.1) is 0 Å². The van der Waals surface area contributed by atoms with Crippen molar-refractivity contribution in [2.24, 2.45) is 0 Å². The molecule has 2 atom stereocenters. The van der Waals surface area contributed by atoms with Gasteiger partial charge in [-0.05, 0) is 22.0 Å². The molecule has 1 fully saturated rings. The minimum Gasteiger partial charge on any atom is -0.458 e. The fraction of sp³-hybridized carbons (Fsp3) is 0.444. The highest BCUT2D eigenvalue weighted by atomic mass is 79.9. The third-order valence-electron chi connectivity index (χ3n) is 2.24. The van der Waals surface area contributed by atoms with Gasteiger partial charge in [-0.25, -0.2) is 5.06 Å². The van der Waals surface area contributed by atoms with Crippen LogP contribution in [0.25, 0.3) is 0 Å². The molecule has 88 valence electrons. The van der Waals surface area contributed by atoms with Crippen molar-refractivity contribution in [1.82, 2.24) is 5.06 Å². The van der Waals surface area contributed by atoms with Crippen LogP contribution in [0.4, 0.5) is 0 Å². The predicted molar refractivity (Wildman–Crippen MR) is 55.4 cm³/mol. The molecule has 2 rings (SSSR count). The van der Waals surface area contributed by atoms with Gasteiger partial charge >= 0.3 is 5.91 Å². The predicted octanol–water partition coefficient (Wildman–Crippen LogP) is 0.151. The smallest absolute Gasteiger partial charge is 0.314 e. The van der Waals surface area contributed by atoms with Gasteiger partial charge in [0.15, 0.2) is 0 Å². The van der Waals surface area contributed by atoms with Crippen LogP contribution in [0.2, 0.25) is 0 Å². The molecule has 2 heterocycles. The Kier molecular flexibility index (Phi) is 3.29. The maximum absolute atomic E-state index is 11.8. The van der Waals surface area contributed by atoms with Gasteiger partial charge in [-0.2, -0.15) is 0 Å². The standard InChI is InChI=1S/C9H10BrNO5/c10-5-1-2-15-8(5)9(14)11-3-6(12)7(13)4-16-11/h1-2,6-7,12-13H,3-4H2/t6-,7+/m0/s1. The zero-order valence-electron chi connectivity index (χ0n) is 8.17. The molecule has 7 heteroatoms. The number of furan rings is 1. The average Bonchev–Trinajstić information content (AvgIpc) is 2.67. The van der Waals surface area contributed by atoms with Crippen LogP contribution in [-0.4, -0.2) is 46.5 Å². The van der Waals surface area contributed by atoms with Crippen LogP contribution in [0.15, 0.2) is 21.2 Å². The number of carbonyl (C=O) groups is 1. The second-order valence-electron chi connectivity index (χ2n) is 3.39. The monoisotopic (exact) mass is 291 g/mol. The number of carbonyl (C=O) groups excluding carboxylic acids is 1. The Labute approximate surface area is 99.5 Å². The second kappa shape index (κ2) is 4.54. The van der Waals surface area contributed by atoms with Crippen molar-refractivity contribution < 1.29 is 24.3 Å². The van der Waals surface area contributed by atoms with E-state index in [4.69, 9.17) is 9.25 Å². The molecular formula is C9H10BrNO5. The number of nitrogens with zero attached hydrogens (tertiary/aromatic N) is 1. The van der Waals surface area contributed by atoms with Crippen LogP contribution in [0.5, 0.6) is 0 Å². The largest absolute Gasteiger partial charge is 0.458 e. The molecule has 0 saturated carbocycles. The van der Waals surface area contributed by atoms with Crippen molar-refractivity contribution in [2.75, 3.05) is 13.2 Å². The SMILES string of the molecule is O=C(c1occc1Br)N1C[C@H](O)[C@H](O)CO1.